The molecular weight excluding hydrogens is 393 g/mol. The van der Waals surface area contributed by atoms with Gasteiger partial charge in [-0.25, -0.2) is 4.79 Å². The van der Waals surface area contributed by atoms with Crippen molar-refractivity contribution in [2.75, 3.05) is 11.9 Å². The monoisotopic (exact) mass is 403 g/mol. The molecular formula is C12H10IN3O5. The van der Waals surface area contributed by atoms with Crippen LogP contribution in [0.1, 0.15) is 16.2 Å². The highest BCUT2D eigenvalue weighted by Gasteiger charge is 2.14. The maximum atomic E-state index is 11.6. The number of halogens is 1. The van der Waals surface area contributed by atoms with Crippen LogP contribution in [0.4, 0.5) is 6.01 Å². The van der Waals surface area contributed by atoms with Crippen molar-refractivity contribution in [3.63, 3.8) is 0 Å². The van der Waals surface area contributed by atoms with E-state index < -0.39 is 11.9 Å². The van der Waals surface area contributed by atoms with Crippen LogP contribution in [0.25, 0.3) is 0 Å². The molecule has 0 saturated heterocycles. The predicted molar refractivity (Wildman–Crippen MR) is 79.3 cm³/mol. The Kier molecular flexibility index (Phi) is 4.73. The number of rotatable bonds is 5. The average Bonchev–Trinajstić information content (AvgIpc) is 2.82. The summed E-state index contributed by atoms with van der Waals surface area (Å²) in [6, 6.07) is 4.59. The fourth-order valence-corrected chi connectivity index (χ4v) is 1.93. The molecule has 0 unspecified atom stereocenters. The second-order valence-corrected chi connectivity index (χ2v) is 5.15. The highest BCUT2D eigenvalue weighted by molar-refractivity contribution is 14.1. The van der Waals surface area contributed by atoms with E-state index in [1.807, 2.05) is 22.6 Å². The number of nitrogens with zero attached hydrogens (tertiary/aromatic N) is 2. The van der Waals surface area contributed by atoms with Gasteiger partial charge in [-0.05, 0) is 40.8 Å². The molecule has 21 heavy (non-hydrogen) atoms. The van der Waals surface area contributed by atoms with Crippen LogP contribution in [0.3, 0.4) is 0 Å². The van der Waals surface area contributed by atoms with Crippen LogP contribution < -0.4 is 10.1 Å². The summed E-state index contributed by atoms with van der Waals surface area (Å²) < 4.78 is 10.9. The summed E-state index contributed by atoms with van der Waals surface area (Å²) in [6.07, 6.45) is 0. The van der Waals surface area contributed by atoms with Crippen LogP contribution in [-0.4, -0.2) is 33.8 Å². The quantitative estimate of drug-likeness (QED) is 0.731. The van der Waals surface area contributed by atoms with E-state index in [9.17, 15) is 9.59 Å². The summed E-state index contributed by atoms with van der Waals surface area (Å²) in [7, 11) is 0. The Hall–Kier alpha value is -2.17. The maximum absolute atomic E-state index is 11.6. The molecule has 1 aromatic carbocycles. The summed E-state index contributed by atoms with van der Waals surface area (Å²) in [5.41, 5.74) is -0.0108. The molecule has 0 aliphatic heterocycles. The van der Waals surface area contributed by atoms with Crippen LogP contribution in [0.15, 0.2) is 22.6 Å². The number of anilines is 1. The number of carbonyl (C=O) groups excluding carboxylic acids is 1. The Balaban J connectivity index is 1.99. The van der Waals surface area contributed by atoms with Gasteiger partial charge >= 0.3 is 12.0 Å². The van der Waals surface area contributed by atoms with Gasteiger partial charge in [0.25, 0.3) is 5.91 Å². The molecule has 0 atom stereocenters. The van der Waals surface area contributed by atoms with Gasteiger partial charge in [-0.1, -0.05) is 5.10 Å². The third-order valence-electron chi connectivity index (χ3n) is 2.30. The normalized spacial score (nSPS) is 10.2. The summed E-state index contributed by atoms with van der Waals surface area (Å²) in [6.45, 7) is 1.21. The second kappa shape index (κ2) is 6.52. The Morgan fingerprint density at radius 1 is 1.43 bits per heavy atom. The lowest BCUT2D eigenvalue weighted by molar-refractivity contribution is -0.118. The fraction of sp³-hybridized carbons (Fsp3) is 0.167. The van der Waals surface area contributed by atoms with Crippen molar-refractivity contribution < 1.29 is 23.8 Å². The number of carboxylic acids is 1. The first-order valence-corrected chi connectivity index (χ1v) is 6.79. The number of amides is 1. The second-order valence-electron chi connectivity index (χ2n) is 3.91. The Morgan fingerprint density at radius 2 is 2.19 bits per heavy atom. The number of carboxylic acid groups (broad SMARTS) is 1. The lowest BCUT2D eigenvalue weighted by Gasteiger charge is -2.08. The van der Waals surface area contributed by atoms with E-state index in [2.05, 4.69) is 15.5 Å². The number of benzene rings is 1. The molecule has 2 aromatic rings. The fourth-order valence-electron chi connectivity index (χ4n) is 1.44. The van der Waals surface area contributed by atoms with Gasteiger partial charge in [0.2, 0.25) is 5.89 Å². The molecule has 0 aliphatic rings. The van der Waals surface area contributed by atoms with Gasteiger partial charge in [0.15, 0.2) is 6.61 Å². The summed E-state index contributed by atoms with van der Waals surface area (Å²) in [5, 5.41) is 18.6. The zero-order valence-corrected chi connectivity index (χ0v) is 12.9. The minimum atomic E-state index is -1.13. The molecule has 110 valence electrons. The van der Waals surface area contributed by atoms with E-state index in [4.69, 9.17) is 14.3 Å². The smallest absolute Gasteiger partial charge is 0.339 e. The van der Waals surface area contributed by atoms with Gasteiger partial charge in [-0.3, -0.25) is 10.1 Å². The average molecular weight is 403 g/mol. The molecule has 1 heterocycles. The van der Waals surface area contributed by atoms with Crippen LogP contribution in [0, 0.1) is 10.5 Å². The zero-order chi connectivity index (χ0) is 15.4. The molecule has 8 nitrogen and oxygen atoms in total. The van der Waals surface area contributed by atoms with Gasteiger partial charge in [0, 0.05) is 10.5 Å². The number of aromatic carboxylic acids is 1. The minimum absolute atomic E-state index is 0.0108. The SMILES string of the molecule is Cc1nnc(NC(=O)COc2ccc(I)cc2C(=O)O)o1. The maximum Gasteiger partial charge on any atom is 0.339 e. The van der Waals surface area contributed by atoms with E-state index in [1.165, 1.54) is 12.1 Å². The van der Waals surface area contributed by atoms with Crippen LogP contribution in [0.5, 0.6) is 5.75 Å². The van der Waals surface area contributed by atoms with E-state index in [0.29, 0.717) is 5.89 Å². The molecule has 1 amide bonds. The molecule has 0 spiro atoms. The van der Waals surface area contributed by atoms with Gasteiger partial charge in [-0.2, -0.15) is 0 Å². The van der Waals surface area contributed by atoms with E-state index in [1.54, 1.807) is 13.0 Å². The zero-order valence-electron chi connectivity index (χ0n) is 10.8. The largest absolute Gasteiger partial charge is 0.483 e. The molecule has 0 fully saturated rings. The van der Waals surface area contributed by atoms with Crippen molar-refractivity contribution in [2.24, 2.45) is 0 Å². The summed E-state index contributed by atoms with van der Waals surface area (Å²) in [4.78, 5) is 22.7. The summed E-state index contributed by atoms with van der Waals surface area (Å²) >= 11 is 1.99. The van der Waals surface area contributed by atoms with Crippen molar-refractivity contribution in [3.8, 4) is 5.75 Å². The lowest BCUT2D eigenvalue weighted by atomic mass is 10.2. The molecule has 1 aromatic heterocycles. The standard InChI is InChI=1S/C12H10IN3O5/c1-6-15-16-12(21-6)14-10(17)5-20-9-3-2-7(13)4-8(9)11(18)19/h2-4H,5H2,1H3,(H,18,19)(H,14,16,17). The molecule has 2 N–H and O–H groups in total. The van der Waals surface area contributed by atoms with Crippen molar-refractivity contribution in [2.45, 2.75) is 6.92 Å². The van der Waals surface area contributed by atoms with Crippen molar-refractivity contribution in [1.29, 1.82) is 0 Å². The number of nitrogens with one attached hydrogen (secondary N) is 1. The van der Waals surface area contributed by atoms with Gasteiger partial charge in [-0.15, -0.1) is 5.10 Å². The van der Waals surface area contributed by atoms with Gasteiger partial charge in [0.1, 0.15) is 11.3 Å². The third-order valence-corrected chi connectivity index (χ3v) is 2.97. The minimum Gasteiger partial charge on any atom is -0.483 e. The van der Waals surface area contributed by atoms with Gasteiger partial charge in [0.05, 0.1) is 0 Å². The van der Waals surface area contributed by atoms with E-state index in [-0.39, 0.29) is 23.9 Å². The molecule has 0 bridgehead atoms. The van der Waals surface area contributed by atoms with Crippen molar-refractivity contribution >= 4 is 40.5 Å². The number of hydrogen-bond acceptors (Lipinski definition) is 6. The molecule has 9 heteroatoms. The van der Waals surface area contributed by atoms with Crippen LogP contribution in [0.2, 0.25) is 0 Å². The number of carbonyl (C=O) groups is 2. The first-order chi connectivity index (χ1) is 9.95. The first-order valence-electron chi connectivity index (χ1n) is 5.71. The third kappa shape index (κ3) is 4.15. The highest BCUT2D eigenvalue weighted by atomic mass is 127. The Morgan fingerprint density at radius 3 is 2.81 bits per heavy atom. The Bertz CT molecular complexity index is 685. The Labute approximate surface area is 132 Å². The first kappa shape index (κ1) is 15.2. The lowest BCUT2D eigenvalue weighted by Crippen LogP contribution is -2.21. The molecule has 0 radical (unpaired) electrons. The molecule has 0 saturated carbocycles. The number of aryl methyl sites for hydroxylation is 1. The van der Waals surface area contributed by atoms with E-state index >= 15 is 0 Å². The topological polar surface area (TPSA) is 115 Å². The summed E-state index contributed by atoms with van der Waals surface area (Å²) in [5.74, 6) is -1.23. The van der Waals surface area contributed by atoms with Crippen molar-refractivity contribution in [1.82, 2.24) is 10.2 Å². The number of hydrogen-bond donors (Lipinski definition) is 2. The van der Waals surface area contributed by atoms with Crippen molar-refractivity contribution in [3.05, 3.63) is 33.2 Å². The van der Waals surface area contributed by atoms with Gasteiger partial charge < -0.3 is 14.3 Å². The van der Waals surface area contributed by atoms with E-state index in [0.717, 1.165) is 3.57 Å². The van der Waals surface area contributed by atoms with Crippen LogP contribution >= 0.6 is 22.6 Å². The molecule has 0 aliphatic carbocycles. The molecule has 2 rings (SSSR count). The number of ether oxygens (including phenoxy) is 1. The highest BCUT2D eigenvalue weighted by Crippen LogP contribution is 2.21. The predicted octanol–water partition coefficient (Wildman–Crippen LogP) is 1.70. The number of aromatic nitrogens is 2. The van der Waals surface area contributed by atoms with Crippen LogP contribution in [-0.2, 0) is 4.79 Å².